The molecule has 56 heavy (non-hydrogen) atoms. The molecule has 0 fully saturated rings. The van der Waals surface area contributed by atoms with Crippen molar-refractivity contribution >= 4 is 61.4 Å². The van der Waals surface area contributed by atoms with Gasteiger partial charge in [-0.2, -0.15) is 0 Å². The van der Waals surface area contributed by atoms with Gasteiger partial charge in [-0.3, -0.25) is 4.98 Å². The standard InChI is InChI=1S/C35H20FN2O.C14H16GeN.Ir/c36-29-21-28(22-11-2-1-3-12-22)33(25-15-5-4-13-23(25)29)38-31-19-8-7-18-30(31)37-35(38)27-17-10-16-26-24-14-6-9-20-32(24)39-34(26)27;1-15(2,3)13-9-10-14(16-11-13)12-7-5-4-6-8-12;/h1-16,18-21H;4-7,9-11H,1-3H3;/q2*-1;. The minimum atomic E-state index is -1.72. The zero-order chi connectivity index (χ0) is 37.5. The van der Waals surface area contributed by atoms with E-state index in [1.165, 1.54) is 4.40 Å². The van der Waals surface area contributed by atoms with Crippen LogP contribution < -0.4 is 4.40 Å². The molecule has 3 aromatic heterocycles. The third kappa shape index (κ3) is 6.90. The summed E-state index contributed by atoms with van der Waals surface area (Å²) in [5.74, 6) is 7.57. The minimum absolute atomic E-state index is 0. The van der Waals surface area contributed by atoms with Crippen molar-refractivity contribution in [2.45, 2.75) is 17.3 Å². The first-order chi connectivity index (χ1) is 26.8. The fourth-order valence-corrected chi connectivity index (χ4v) is 9.39. The topological polar surface area (TPSA) is 43.9 Å². The quantitative estimate of drug-likeness (QED) is 0.128. The molecule has 0 amide bonds. The van der Waals surface area contributed by atoms with Crippen LogP contribution in [-0.2, 0) is 20.1 Å². The third-order valence-electron chi connectivity index (χ3n) is 10.0. The number of hydrogen-bond acceptors (Lipinski definition) is 3. The van der Waals surface area contributed by atoms with Gasteiger partial charge < -0.3 is 8.98 Å². The molecule has 0 aliphatic heterocycles. The predicted molar refractivity (Wildman–Crippen MR) is 227 cm³/mol. The summed E-state index contributed by atoms with van der Waals surface area (Å²) in [4.78, 5) is 9.65. The maximum atomic E-state index is 15.6. The zero-order valence-corrected chi connectivity index (χ0v) is 35.5. The first kappa shape index (κ1) is 37.3. The Morgan fingerprint density at radius 1 is 0.661 bits per heavy atom. The molecule has 275 valence electrons. The monoisotopic (exact) mass is 968 g/mol. The number of imidazole rings is 1. The first-order valence-electron chi connectivity index (χ1n) is 18.4. The SMILES string of the molecule is Fc1cc(-c2ccccc2)c(-n2c(-c3[c-]ccc4c3oc3ccccc34)nc3ccccc32)c2ccccc12.[CH3][Ge]([CH3])([CH3])[c]1ccc(-c2[c-]cccc2)nc1.[Ir]. The molecule has 7 aromatic carbocycles. The summed E-state index contributed by atoms with van der Waals surface area (Å²) in [6.45, 7) is 0. The molecule has 0 unspecified atom stereocenters. The van der Waals surface area contributed by atoms with Crippen LogP contribution >= 0.6 is 0 Å². The van der Waals surface area contributed by atoms with Crippen molar-refractivity contribution in [1.29, 1.82) is 0 Å². The van der Waals surface area contributed by atoms with Gasteiger partial charge in [-0.15, -0.1) is 18.2 Å². The van der Waals surface area contributed by atoms with E-state index in [1.54, 1.807) is 6.07 Å². The number of para-hydroxylation sites is 3. The Balaban J connectivity index is 0.000000219. The number of benzene rings is 7. The van der Waals surface area contributed by atoms with E-state index in [-0.39, 0.29) is 25.9 Å². The summed E-state index contributed by atoms with van der Waals surface area (Å²) in [5.41, 5.74) is 8.70. The molecule has 4 nitrogen and oxygen atoms in total. The average molecular weight is 967 g/mol. The number of aromatic nitrogens is 3. The van der Waals surface area contributed by atoms with E-state index in [9.17, 15) is 0 Å². The first-order valence-corrected chi connectivity index (χ1v) is 25.7. The van der Waals surface area contributed by atoms with Crippen LogP contribution in [0.15, 0.2) is 168 Å². The molecule has 7 heteroatoms. The largest absolute Gasteiger partial charge is 0 e. The van der Waals surface area contributed by atoms with E-state index in [2.05, 4.69) is 63.2 Å². The Bertz CT molecular complexity index is 2970. The Labute approximate surface area is 341 Å². The van der Waals surface area contributed by atoms with Crippen LogP contribution in [0.3, 0.4) is 0 Å². The summed E-state index contributed by atoms with van der Waals surface area (Å²) in [6, 6.07) is 58.1. The molecule has 0 atom stereocenters. The van der Waals surface area contributed by atoms with Crippen molar-refractivity contribution in [2.24, 2.45) is 0 Å². The number of pyridine rings is 1. The molecule has 10 aromatic rings. The van der Waals surface area contributed by atoms with Gasteiger partial charge in [0.1, 0.15) is 11.4 Å². The second kappa shape index (κ2) is 15.5. The van der Waals surface area contributed by atoms with E-state index < -0.39 is 13.3 Å². The molecule has 0 bridgehead atoms. The van der Waals surface area contributed by atoms with Gasteiger partial charge in [0.2, 0.25) is 0 Å². The Morgan fingerprint density at radius 3 is 2.12 bits per heavy atom. The van der Waals surface area contributed by atoms with E-state index in [0.29, 0.717) is 11.2 Å². The molecular formula is C49H36FGeIrN3O-2. The van der Waals surface area contributed by atoms with Gasteiger partial charge >= 0.3 is 99.8 Å². The summed E-state index contributed by atoms with van der Waals surface area (Å²) >= 11 is -1.72. The van der Waals surface area contributed by atoms with Crippen molar-refractivity contribution < 1.29 is 28.9 Å². The number of fused-ring (bicyclic) bond motifs is 5. The van der Waals surface area contributed by atoms with E-state index in [0.717, 1.165) is 72.0 Å². The predicted octanol–water partition coefficient (Wildman–Crippen LogP) is 12.4. The minimum Gasteiger partial charge on any atom is 0 e. The molecule has 0 N–H and O–H groups in total. The average Bonchev–Trinajstić information content (AvgIpc) is 3.80. The van der Waals surface area contributed by atoms with Crippen molar-refractivity contribution in [3.8, 4) is 39.5 Å². The van der Waals surface area contributed by atoms with Gasteiger partial charge in [-0.25, -0.2) is 4.39 Å². The van der Waals surface area contributed by atoms with Gasteiger partial charge in [0.15, 0.2) is 0 Å². The molecule has 10 rings (SSSR count). The normalized spacial score (nSPS) is 11.4. The second-order valence-corrected chi connectivity index (χ2v) is 25.2. The Kier molecular flexibility index (Phi) is 10.3. The van der Waals surface area contributed by atoms with Gasteiger partial charge in [-0.05, 0) is 29.8 Å². The van der Waals surface area contributed by atoms with Gasteiger partial charge in [0.25, 0.3) is 0 Å². The fraction of sp³-hybridized carbons (Fsp3) is 0.0612. The van der Waals surface area contributed by atoms with Crippen LogP contribution in [0.5, 0.6) is 0 Å². The number of furan rings is 1. The van der Waals surface area contributed by atoms with E-state index >= 15 is 4.39 Å². The van der Waals surface area contributed by atoms with Crippen LogP contribution in [0.4, 0.5) is 4.39 Å². The summed E-state index contributed by atoms with van der Waals surface area (Å²) in [6.07, 6.45) is 2.04. The molecule has 0 aliphatic carbocycles. The second-order valence-electron chi connectivity index (χ2n) is 14.6. The summed E-state index contributed by atoms with van der Waals surface area (Å²) < 4.78 is 25.6. The molecule has 0 spiro atoms. The van der Waals surface area contributed by atoms with Gasteiger partial charge in [0.05, 0.1) is 28.1 Å². The number of hydrogen-bond donors (Lipinski definition) is 0. The van der Waals surface area contributed by atoms with Crippen molar-refractivity contribution in [3.05, 3.63) is 182 Å². The molecule has 0 saturated heterocycles. The molecule has 3 heterocycles. The van der Waals surface area contributed by atoms with Gasteiger partial charge in [0, 0.05) is 41.8 Å². The maximum absolute atomic E-state index is 15.6. The number of nitrogens with zero attached hydrogens (tertiary/aromatic N) is 3. The van der Waals surface area contributed by atoms with Crippen LogP contribution in [0, 0.1) is 17.9 Å². The molecule has 0 saturated carbocycles. The van der Waals surface area contributed by atoms with Crippen molar-refractivity contribution in [3.63, 3.8) is 0 Å². The zero-order valence-electron chi connectivity index (χ0n) is 31.0. The smallest absolute Gasteiger partial charge is 0 e. The fourth-order valence-electron chi connectivity index (χ4n) is 7.22. The van der Waals surface area contributed by atoms with Crippen LogP contribution in [-0.4, -0.2) is 27.8 Å². The molecular weight excluding hydrogens is 930 g/mol. The maximum Gasteiger partial charge on any atom is 0 e. The third-order valence-corrected chi connectivity index (χ3v) is 14.3. The van der Waals surface area contributed by atoms with E-state index in [1.807, 2.05) is 134 Å². The van der Waals surface area contributed by atoms with Crippen molar-refractivity contribution in [1.82, 2.24) is 14.5 Å². The van der Waals surface area contributed by atoms with Crippen LogP contribution in [0.2, 0.25) is 17.3 Å². The molecule has 0 aliphatic rings. The summed E-state index contributed by atoms with van der Waals surface area (Å²) in [5, 5.41) is 3.41. The van der Waals surface area contributed by atoms with Crippen LogP contribution in [0.1, 0.15) is 0 Å². The van der Waals surface area contributed by atoms with Gasteiger partial charge in [-0.1, -0.05) is 95.9 Å². The molecule has 1 radical (unpaired) electrons. The number of rotatable bonds is 5. The summed E-state index contributed by atoms with van der Waals surface area (Å²) in [7, 11) is 0. The Hall–Kier alpha value is -5.66. The van der Waals surface area contributed by atoms with Crippen LogP contribution in [0.25, 0.3) is 83.2 Å². The number of halogens is 1. The van der Waals surface area contributed by atoms with E-state index in [4.69, 9.17) is 9.40 Å². The Morgan fingerprint density at radius 2 is 1.38 bits per heavy atom. The van der Waals surface area contributed by atoms with Crippen molar-refractivity contribution in [2.75, 3.05) is 0 Å².